The Balaban J connectivity index is 2.48. The summed E-state index contributed by atoms with van der Waals surface area (Å²) in [5.74, 6) is -0.164. The highest BCUT2D eigenvalue weighted by molar-refractivity contribution is 7.90. The summed E-state index contributed by atoms with van der Waals surface area (Å²) in [7, 11) is -3.39. The van der Waals surface area contributed by atoms with Crippen molar-refractivity contribution < 1.29 is 18.3 Å². The van der Waals surface area contributed by atoms with Crippen LogP contribution in [0, 0.1) is 0 Å². The van der Waals surface area contributed by atoms with Gasteiger partial charge in [0.15, 0.2) is 21.3 Å². The van der Waals surface area contributed by atoms with Crippen molar-refractivity contribution in [2.45, 2.75) is 37.6 Å². The Morgan fingerprint density at radius 2 is 2.00 bits per heavy atom. The Hall–Kier alpha value is -2.72. The lowest BCUT2D eigenvalue weighted by molar-refractivity contribution is 0.0996. The molecule has 2 aromatic rings. The molecule has 2 rings (SSSR count). The first-order valence-corrected chi connectivity index (χ1v) is 10.7. The number of nitrogens with two attached hydrogens (primary N) is 1. The molecule has 0 aliphatic rings. The van der Waals surface area contributed by atoms with Crippen LogP contribution in [0.5, 0.6) is 0 Å². The fraction of sp³-hybridized carbons (Fsp3) is 0.389. The van der Waals surface area contributed by atoms with Gasteiger partial charge in [-0.25, -0.2) is 18.4 Å². The van der Waals surface area contributed by atoms with Gasteiger partial charge < -0.3 is 21.5 Å². The molecule has 0 aliphatic heterocycles. The van der Waals surface area contributed by atoms with Crippen molar-refractivity contribution in [1.29, 1.82) is 0 Å². The van der Waals surface area contributed by atoms with Gasteiger partial charge in [-0.05, 0) is 38.0 Å². The van der Waals surface area contributed by atoms with E-state index in [1.807, 2.05) is 13.8 Å². The van der Waals surface area contributed by atoms with E-state index in [0.29, 0.717) is 30.0 Å². The standard InChI is InChI=1S/C18H25N5O4S/c1-4-14-17(20-11(2)8-9-24)23-18(15(22-14)16(19)25)21-12-6-5-7-13(10-12)28(3,26)27/h5-7,10-11,24H,4,8-9H2,1-3H3,(H2,19,25)(H2,20,21,23). The molecular weight excluding hydrogens is 382 g/mol. The molecule has 0 fully saturated rings. The third-order valence-electron chi connectivity index (χ3n) is 4.01. The third kappa shape index (κ3) is 5.40. The molecule has 0 aliphatic carbocycles. The highest BCUT2D eigenvalue weighted by atomic mass is 32.2. The number of anilines is 3. The fourth-order valence-corrected chi connectivity index (χ4v) is 3.20. The SMILES string of the molecule is CCc1nc(C(N)=O)c(Nc2cccc(S(C)(=O)=O)c2)nc1NC(C)CCO. The summed E-state index contributed by atoms with van der Waals surface area (Å²) < 4.78 is 23.5. The van der Waals surface area contributed by atoms with Crippen LogP contribution in [0.25, 0.3) is 0 Å². The Morgan fingerprint density at radius 1 is 1.29 bits per heavy atom. The average Bonchev–Trinajstić information content (AvgIpc) is 2.61. The fourth-order valence-electron chi connectivity index (χ4n) is 2.53. The number of hydrogen-bond donors (Lipinski definition) is 4. The van der Waals surface area contributed by atoms with Gasteiger partial charge in [0.25, 0.3) is 5.91 Å². The lowest BCUT2D eigenvalue weighted by Crippen LogP contribution is -2.22. The van der Waals surface area contributed by atoms with Crippen molar-refractivity contribution in [2.24, 2.45) is 5.73 Å². The number of aliphatic hydroxyl groups excluding tert-OH is 1. The minimum absolute atomic E-state index is 0.0197. The summed E-state index contributed by atoms with van der Waals surface area (Å²) in [4.78, 5) is 20.8. The molecule has 0 saturated carbocycles. The Bertz CT molecular complexity index is 962. The Labute approximate surface area is 164 Å². The first kappa shape index (κ1) is 21.6. The largest absolute Gasteiger partial charge is 0.396 e. The van der Waals surface area contributed by atoms with Gasteiger partial charge in [-0.3, -0.25) is 4.79 Å². The third-order valence-corrected chi connectivity index (χ3v) is 5.12. The van der Waals surface area contributed by atoms with E-state index < -0.39 is 15.7 Å². The highest BCUT2D eigenvalue weighted by Gasteiger charge is 2.18. The molecule has 28 heavy (non-hydrogen) atoms. The van der Waals surface area contributed by atoms with Crippen molar-refractivity contribution in [3.8, 4) is 0 Å². The summed E-state index contributed by atoms with van der Waals surface area (Å²) in [5, 5.41) is 15.2. The highest BCUT2D eigenvalue weighted by Crippen LogP contribution is 2.24. The lowest BCUT2D eigenvalue weighted by atomic mass is 10.2. The second kappa shape index (κ2) is 8.98. The van der Waals surface area contributed by atoms with E-state index in [1.54, 1.807) is 12.1 Å². The van der Waals surface area contributed by atoms with Crippen LogP contribution >= 0.6 is 0 Å². The van der Waals surface area contributed by atoms with Crippen molar-refractivity contribution in [3.05, 3.63) is 35.7 Å². The lowest BCUT2D eigenvalue weighted by Gasteiger charge is -2.18. The number of carbonyl (C=O) groups is 1. The molecule has 9 nitrogen and oxygen atoms in total. The second-order valence-electron chi connectivity index (χ2n) is 6.42. The summed E-state index contributed by atoms with van der Waals surface area (Å²) in [6, 6.07) is 6.09. The van der Waals surface area contributed by atoms with Crippen molar-refractivity contribution in [3.63, 3.8) is 0 Å². The van der Waals surface area contributed by atoms with Gasteiger partial charge in [-0.15, -0.1) is 0 Å². The molecule has 0 spiro atoms. The molecule has 1 aromatic heterocycles. The predicted molar refractivity (Wildman–Crippen MR) is 108 cm³/mol. The predicted octanol–water partition coefficient (Wildman–Crippen LogP) is 1.47. The summed E-state index contributed by atoms with van der Waals surface area (Å²) in [6.45, 7) is 3.78. The van der Waals surface area contributed by atoms with Crippen LogP contribution in [0.1, 0.15) is 36.5 Å². The average molecular weight is 407 g/mol. The Kier molecular flexibility index (Phi) is 6.92. The van der Waals surface area contributed by atoms with Gasteiger partial charge in [0, 0.05) is 24.6 Å². The van der Waals surface area contributed by atoms with E-state index in [4.69, 9.17) is 10.8 Å². The minimum atomic E-state index is -3.39. The van der Waals surface area contributed by atoms with Gasteiger partial charge in [0.05, 0.1) is 10.6 Å². The van der Waals surface area contributed by atoms with Crippen LogP contribution in [-0.4, -0.2) is 48.3 Å². The maximum atomic E-state index is 11.9. The van der Waals surface area contributed by atoms with Crippen LogP contribution < -0.4 is 16.4 Å². The van der Waals surface area contributed by atoms with Crippen LogP contribution in [0.15, 0.2) is 29.2 Å². The zero-order chi connectivity index (χ0) is 20.9. The number of nitrogens with one attached hydrogen (secondary N) is 2. The van der Waals surface area contributed by atoms with Crippen LogP contribution in [0.2, 0.25) is 0 Å². The Morgan fingerprint density at radius 3 is 2.57 bits per heavy atom. The molecule has 10 heteroatoms. The summed E-state index contributed by atoms with van der Waals surface area (Å²) in [6.07, 6.45) is 2.15. The molecule has 1 amide bonds. The molecule has 152 valence electrons. The molecule has 1 aromatic carbocycles. The van der Waals surface area contributed by atoms with E-state index in [1.165, 1.54) is 12.1 Å². The molecule has 0 radical (unpaired) electrons. The van der Waals surface area contributed by atoms with E-state index in [-0.39, 0.29) is 29.1 Å². The molecule has 5 N–H and O–H groups in total. The zero-order valence-corrected chi connectivity index (χ0v) is 16.9. The number of carbonyl (C=O) groups excluding carboxylic acids is 1. The zero-order valence-electron chi connectivity index (χ0n) is 16.1. The van der Waals surface area contributed by atoms with Gasteiger partial charge >= 0.3 is 0 Å². The number of aliphatic hydroxyl groups is 1. The van der Waals surface area contributed by atoms with Gasteiger partial charge in [-0.2, -0.15) is 0 Å². The second-order valence-corrected chi connectivity index (χ2v) is 8.43. The monoisotopic (exact) mass is 407 g/mol. The maximum absolute atomic E-state index is 11.9. The normalized spacial score (nSPS) is 12.4. The molecule has 1 atom stereocenters. The number of benzene rings is 1. The van der Waals surface area contributed by atoms with Gasteiger partial charge in [-0.1, -0.05) is 13.0 Å². The number of rotatable bonds is 9. The van der Waals surface area contributed by atoms with E-state index in [9.17, 15) is 13.2 Å². The number of amides is 1. The van der Waals surface area contributed by atoms with Crippen LogP contribution in [-0.2, 0) is 16.3 Å². The number of aromatic nitrogens is 2. The van der Waals surface area contributed by atoms with Gasteiger partial charge in [0.2, 0.25) is 0 Å². The first-order chi connectivity index (χ1) is 13.2. The first-order valence-electron chi connectivity index (χ1n) is 8.81. The van der Waals surface area contributed by atoms with Crippen LogP contribution in [0.4, 0.5) is 17.3 Å². The van der Waals surface area contributed by atoms with Crippen molar-refractivity contribution in [2.75, 3.05) is 23.5 Å². The number of sulfone groups is 1. The number of aryl methyl sites for hydroxylation is 1. The number of hydrogen-bond acceptors (Lipinski definition) is 8. The number of primary amides is 1. The maximum Gasteiger partial charge on any atom is 0.271 e. The van der Waals surface area contributed by atoms with Crippen molar-refractivity contribution in [1.82, 2.24) is 9.97 Å². The van der Waals surface area contributed by atoms with Crippen molar-refractivity contribution >= 4 is 33.1 Å². The quantitative estimate of drug-likeness (QED) is 0.488. The van der Waals surface area contributed by atoms with E-state index in [0.717, 1.165) is 6.26 Å². The van der Waals surface area contributed by atoms with E-state index >= 15 is 0 Å². The molecule has 1 heterocycles. The minimum Gasteiger partial charge on any atom is -0.396 e. The molecule has 1 unspecified atom stereocenters. The molecule has 0 bridgehead atoms. The smallest absolute Gasteiger partial charge is 0.271 e. The summed E-state index contributed by atoms with van der Waals surface area (Å²) in [5.41, 5.74) is 6.41. The molecule has 0 saturated heterocycles. The molecular formula is C18H25N5O4S. The van der Waals surface area contributed by atoms with Gasteiger partial charge in [0.1, 0.15) is 5.82 Å². The topological polar surface area (TPSA) is 147 Å². The van der Waals surface area contributed by atoms with E-state index in [2.05, 4.69) is 20.6 Å². The summed E-state index contributed by atoms with van der Waals surface area (Å²) >= 11 is 0. The number of nitrogens with zero attached hydrogens (tertiary/aromatic N) is 2. The van der Waals surface area contributed by atoms with Crippen LogP contribution in [0.3, 0.4) is 0 Å².